The number of rotatable bonds is 7. The molecule has 3 rings (SSSR count). The van der Waals surface area contributed by atoms with Gasteiger partial charge in [0.25, 0.3) is 5.91 Å². The van der Waals surface area contributed by atoms with E-state index in [0.29, 0.717) is 11.6 Å². The van der Waals surface area contributed by atoms with Crippen LogP contribution in [0.2, 0.25) is 0 Å². The van der Waals surface area contributed by atoms with Crippen LogP contribution in [-0.4, -0.2) is 64.4 Å². The maximum atomic E-state index is 12.9. The zero-order valence-electron chi connectivity index (χ0n) is 17.6. The third kappa shape index (κ3) is 6.12. The maximum absolute atomic E-state index is 12.9. The summed E-state index contributed by atoms with van der Waals surface area (Å²) in [6, 6.07) is 12.4. The summed E-state index contributed by atoms with van der Waals surface area (Å²) in [6.45, 7) is 10.2. The van der Waals surface area contributed by atoms with Gasteiger partial charge in [0, 0.05) is 44.5 Å². The van der Waals surface area contributed by atoms with E-state index in [4.69, 9.17) is 0 Å². The number of carbonyl (C=O) groups is 1. The Morgan fingerprint density at radius 1 is 1.17 bits per heavy atom. The van der Waals surface area contributed by atoms with Crippen LogP contribution in [-0.2, 0) is 0 Å². The second kappa shape index (κ2) is 10.2. The lowest BCUT2D eigenvalue weighted by atomic mass is 10.2. The predicted molar refractivity (Wildman–Crippen MR) is 118 cm³/mol. The van der Waals surface area contributed by atoms with Crippen molar-refractivity contribution in [1.29, 1.82) is 0 Å². The Morgan fingerprint density at radius 2 is 1.90 bits per heavy atom. The summed E-state index contributed by atoms with van der Waals surface area (Å²) in [4.78, 5) is 26.1. The first-order valence-electron chi connectivity index (χ1n) is 10.4. The van der Waals surface area contributed by atoms with Crippen LogP contribution in [0.15, 0.2) is 42.5 Å². The molecule has 29 heavy (non-hydrogen) atoms. The molecule has 1 aromatic carbocycles. The van der Waals surface area contributed by atoms with Gasteiger partial charge in [0.2, 0.25) is 5.95 Å². The number of amides is 1. The Morgan fingerprint density at radius 3 is 2.59 bits per heavy atom. The van der Waals surface area contributed by atoms with Crippen LogP contribution >= 0.6 is 0 Å². The summed E-state index contributed by atoms with van der Waals surface area (Å²) in [5.41, 5.74) is 2.49. The average Bonchev–Trinajstić information content (AvgIpc) is 2.74. The fourth-order valence-electron chi connectivity index (χ4n) is 3.26. The highest BCUT2D eigenvalue weighted by molar-refractivity contribution is 5.92. The number of aromatic nitrogens is 2. The molecule has 0 spiro atoms. The van der Waals surface area contributed by atoms with Gasteiger partial charge in [0.1, 0.15) is 5.69 Å². The van der Waals surface area contributed by atoms with E-state index in [2.05, 4.69) is 58.3 Å². The van der Waals surface area contributed by atoms with Crippen LogP contribution in [0.3, 0.4) is 0 Å². The summed E-state index contributed by atoms with van der Waals surface area (Å²) in [6.07, 6.45) is 5.31. The third-order valence-corrected chi connectivity index (χ3v) is 5.19. The Hall–Kier alpha value is -2.73. The molecule has 1 N–H and O–H groups in total. The lowest BCUT2D eigenvalue weighted by molar-refractivity contribution is 0.0644. The van der Waals surface area contributed by atoms with E-state index >= 15 is 0 Å². The predicted octanol–water partition coefficient (Wildman–Crippen LogP) is 3.47. The van der Waals surface area contributed by atoms with Crippen molar-refractivity contribution in [3.05, 3.63) is 59.4 Å². The molecule has 1 fully saturated rings. The smallest absolute Gasteiger partial charge is 0.272 e. The van der Waals surface area contributed by atoms with E-state index in [1.54, 1.807) is 6.07 Å². The highest BCUT2D eigenvalue weighted by Gasteiger charge is 2.23. The minimum Gasteiger partial charge on any atom is -0.352 e. The molecule has 0 radical (unpaired) electrons. The van der Waals surface area contributed by atoms with Crippen LogP contribution in [0.4, 0.5) is 5.95 Å². The number of aryl methyl sites for hydroxylation is 1. The van der Waals surface area contributed by atoms with Crippen molar-refractivity contribution in [3.8, 4) is 0 Å². The molecule has 2 heterocycles. The summed E-state index contributed by atoms with van der Waals surface area (Å²) in [7, 11) is 0. The maximum Gasteiger partial charge on any atom is 0.272 e. The van der Waals surface area contributed by atoms with Gasteiger partial charge in [-0.2, -0.15) is 0 Å². The van der Waals surface area contributed by atoms with E-state index in [-0.39, 0.29) is 11.9 Å². The standard InChI is InChI=1S/C23H31N5O/c1-4-18(2)24-23-25-19(3)17-21(26-23)22(29)28-15-13-27(14-16-28)12-8-11-20-9-6-5-7-10-20/h5-11,17-18H,4,12-16H2,1-3H3,(H,24,25,26)/b11-8+. The SMILES string of the molecule is CCC(C)Nc1nc(C)cc(C(=O)N2CCN(C/C=C/c3ccccc3)CC2)n1. The molecule has 1 aliphatic rings. The van der Waals surface area contributed by atoms with Crippen LogP contribution in [0.5, 0.6) is 0 Å². The Bertz CT molecular complexity index is 828. The fraction of sp³-hybridized carbons (Fsp3) is 0.435. The molecule has 6 nitrogen and oxygen atoms in total. The van der Waals surface area contributed by atoms with Gasteiger partial charge in [0.15, 0.2) is 0 Å². The number of nitrogens with one attached hydrogen (secondary N) is 1. The monoisotopic (exact) mass is 393 g/mol. The summed E-state index contributed by atoms with van der Waals surface area (Å²) in [5.74, 6) is 0.523. The van der Waals surface area contributed by atoms with Gasteiger partial charge >= 0.3 is 0 Å². The molecule has 1 saturated heterocycles. The van der Waals surface area contributed by atoms with Crippen LogP contribution in [0.25, 0.3) is 6.08 Å². The Kier molecular flexibility index (Phi) is 7.36. The molecule has 0 aliphatic carbocycles. The van der Waals surface area contributed by atoms with Gasteiger partial charge in [-0.15, -0.1) is 0 Å². The number of anilines is 1. The van der Waals surface area contributed by atoms with Gasteiger partial charge in [0.05, 0.1) is 0 Å². The fourth-order valence-corrected chi connectivity index (χ4v) is 3.26. The number of benzene rings is 1. The van der Waals surface area contributed by atoms with E-state index in [1.807, 2.05) is 30.0 Å². The first kappa shape index (κ1) is 21.0. The summed E-state index contributed by atoms with van der Waals surface area (Å²) >= 11 is 0. The normalized spacial score (nSPS) is 16.2. The molecule has 1 aromatic heterocycles. The molecule has 0 bridgehead atoms. The highest BCUT2D eigenvalue weighted by Crippen LogP contribution is 2.12. The first-order chi connectivity index (χ1) is 14.0. The van der Waals surface area contributed by atoms with Crippen LogP contribution < -0.4 is 5.32 Å². The Balaban J connectivity index is 1.54. The van der Waals surface area contributed by atoms with Gasteiger partial charge < -0.3 is 10.2 Å². The van der Waals surface area contributed by atoms with Crippen molar-refractivity contribution in [3.63, 3.8) is 0 Å². The van der Waals surface area contributed by atoms with Crippen molar-refractivity contribution in [1.82, 2.24) is 19.8 Å². The second-order valence-electron chi connectivity index (χ2n) is 7.58. The van der Waals surface area contributed by atoms with Crippen molar-refractivity contribution in [2.24, 2.45) is 0 Å². The van der Waals surface area contributed by atoms with Crippen molar-refractivity contribution < 1.29 is 4.79 Å². The average molecular weight is 394 g/mol. The number of hydrogen-bond donors (Lipinski definition) is 1. The quantitative estimate of drug-likeness (QED) is 0.780. The molecule has 1 atom stereocenters. The zero-order chi connectivity index (χ0) is 20.6. The molecule has 0 saturated carbocycles. The van der Waals surface area contributed by atoms with Crippen LogP contribution in [0.1, 0.15) is 42.0 Å². The number of nitrogens with zero attached hydrogens (tertiary/aromatic N) is 4. The lowest BCUT2D eigenvalue weighted by Crippen LogP contribution is -2.48. The molecule has 1 amide bonds. The minimum atomic E-state index is -0.0119. The Labute approximate surface area is 173 Å². The molecule has 6 heteroatoms. The van der Waals surface area contributed by atoms with Crippen LogP contribution in [0, 0.1) is 6.92 Å². The minimum absolute atomic E-state index is 0.0119. The van der Waals surface area contributed by atoms with Crippen molar-refractivity contribution >= 4 is 17.9 Å². The molecule has 1 unspecified atom stereocenters. The van der Waals surface area contributed by atoms with Gasteiger partial charge in [-0.1, -0.05) is 49.4 Å². The van der Waals surface area contributed by atoms with Gasteiger partial charge in [-0.3, -0.25) is 9.69 Å². The third-order valence-electron chi connectivity index (χ3n) is 5.19. The van der Waals surface area contributed by atoms with Crippen molar-refractivity contribution in [2.45, 2.75) is 33.2 Å². The molecule has 1 aliphatic heterocycles. The van der Waals surface area contributed by atoms with E-state index in [9.17, 15) is 4.79 Å². The van der Waals surface area contributed by atoms with E-state index < -0.39 is 0 Å². The molecular formula is C23H31N5O. The number of hydrogen-bond acceptors (Lipinski definition) is 5. The summed E-state index contributed by atoms with van der Waals surface area (Å²) < 4.78 is 0. The van der Waals surface area contributed by atoms with Gasteiger partial charge in [-0.25, -0.2) is 9.97 Å². The topological polar surface area (TPSA) is 61.4 Å². The summed E-state index contributed by atoms with van der Waals surface area (Å²) in [5, 5.41) is 3.27. The molecule has 2 aromatic rings. The first-order valence-corrected chi connectivity index (χ1v) is 10.4. The van der Waals surface area contributed by atoms with Gasteiger partial charge in [-0.05, 0) is 31.9 Å². The highest BCUT2D eigenvalue weighted by atomic mass is 16.2. The largest absolute Gasteiger partial charge is 0.352 e. The van der Waals surface area contributed by atoms with E-state index in [0.717, 1.165) is 44.8 Å². The molecular weight excluding hydrogens is 362 g/mol. The lowest BCUT2D eigenvalue weighted by Gasteiger charge is -2.34. The molecule has 154 valence electrons. The zero-order valence-corrected chi connectivity index (χ0v) is 17.6. The second-order valence-corrected chi connectivity index (χ2v) is 7.58. The van der Waals surface area contributed by atoms with Crippen molar-refractivity contribution in [2.75, 3.05) is 38.0 Å². The van der Waals surface area contributed by atoms with E-state index in [1.165, 1.54) is 5.56 Å². The number of piperazine rings is 1. The number of carbonyl (C=O) groups excluding carboxylic acids is 1.